The first kappa shape index (κ1) is 14.1. The lowest BCUT2D eigenvalue weighted by atomic mass is 10.2. The number of carbonyl (C=O) groups is 2. The van der Waals surface area contributed by atoms with E-state index in [4.69, 9.17) is 5.11 Å². The second-order valence-corrected chi connectivity index (χ2v) is 4.77. The van der Waals surface area contributed by atoms with E-state index in [9.17, 15) is 9.59 Å². The molecule has 0 fully saturated rings. The molecule has 1 amide bonds. The fourth-order valence-electron chi connectivity index (χ4n) is 1.60. The summed E-state index contributed by atoms with van der Waals surface area (Å²) in [7, 11) is 0. The fourth-order valence-corrected chi connectivity index (χ4v) is 2.01. The molecule has 0 aliphatic rings. The number of rotatable bonds is 4. The molecule has 0 bridgehead atoms. The normalized spacial score (nSPS) is 10.1. The molecule has 0 aliphatic heterocycles. The van der Waals surface area contributed by atoms with Gasteiger partial charge in [0, 0.05) is 16.7 Å². The predicted octanol–water partition coefficient (Wildman–Crippen LogP) is 2.75. The molecule has 2 rings (SSSR count). The van der Waals surface area contributed by atoms with E-state index in [-0.39, 0.29) is 17.3 Å². The maximum absolute atomic E-state index is 12.0. The highest BCUT2D eigenvalue weighted by molar-refractivity contribution is 7.98. The average Bonchev–Trinajstić information content (AvgIpc) is 2.47. The Morgan fingerprint density at radius 2 is 1.90 bits per heavy atom. The van der Waals surface area contributed by atoms with E-state index in [1.807, 2.05) is 18.4 Å². The minimum atomic E-state index is -1.13. The van der Waals surface area contributed by atoms with Crippen molar-refractivity contribution in [1.29, 1.82) is 0 Å². The highest BCUT2D eigenvalue weighted by Gasteiger charge is 2.14. The number of anilines is 1. The molecule has 102 valence electrons. The Balaban J connectivity index is 2.21. The van der Waals surface area contributed by atoms with Gasteiger partial charge in [-0.3, -0.25) is 4.79 Å². The summed E-state index contributed by atoms with van der Waals surface area (Å²) in [6, 6.07) is 9.93. The molecule has 0 saturated carbocycles. The van der Waals surface area contributed by atoms with Crippen molar-refractivity contribution in [3.63, 3.8) is 0 Å². The number of pyridine rings is 1. The van der Waals surface area contributed by atoms with Crippen LogP contribution in [0.4, 0.5) is 5.82 Å². The van der Waals surface area contributed by atoms with Crippen LogP contribution in [0.15, 0.2) is 47.5 Å². The largest absolute Gasteiger partial charge is 0.478 e. The Bertz CT molecular complexity index is 641. The summed E-state index contributed by atoms with van der Waals surface area (Å²) in [5.74, 6) is -1.48. The van der Waals surface area contributed by atoms with Crippen molar-refractivity contribution >= 4 is 29.5 Å². The molecule has 1 heterocycles. The summed E-state index contributed by atoms with van der Waals surface area (Å²) in [4.78, 5) is 28.0. The Morgan fingerprint density at radius 1 is 1.20 bits per heavy atom. The lowest BCUT2D eigenvalue weighted by molar-refractivity contribution is 0.0697. The number of carboxylic acid groups (broad SMARTS) is 1. The summed E-state index contributed by atoms with van der Waals surface area (Å²) in [5, 5.41) is 11.5. The lowest BCUT2D eigenvalue weighted by Gasteiger charge is -2.07. The molecule has 20 heavy (non-hydrogen) atoms. The maximum atomic E-state index is 12.0. The topological polar surface area (TPSA) is 79.3 Å². The zero-order valence-electron chi connectivity index (χ0n) is 10.7. The minimum absolute atomic E-state index is 0.0402. The van der Waals surface area contributed by atoms with Gasteiger partial charge in [0.2, 0.25) is 0 Å². The average molecular weight is 288 g/mol. The molecule has 0 radical (unpaired) electrons. The van der Waals surface area contributed by atoms with Crippen LogP contribution in [-0.2, 0) is 0 Å². The van der Waals surface area contributed by atoms with Crippen molar-refractivity contribution < 1.29 is 14.7 Å². The van der Waals surface area contributed by atoms with Gasteiger partial charge in [0.15, 0.2) is 0 Å². The summed E-state index contributed by atoms with van der Waals surface area (Å²) in [5.41, 5.74) is 0.409. The Morgan fingerprint density at radius 3 is 2.50 bits per heavy atom. The molecule has 0 spiro atoms. The lowest BCUT2D eigenvalue weighted by Crippen LogP contribution is -2.15. The van der Waals surface area contributed by atoms with Crippen molar-refractivity contribution in [2.75, 3.05) is 11.6 Å². The number of hydrogen-bond donors (Lipinski definition) is 2. The number of amides is 1. The molecular weight excluding hydrogens is 276 g/mol. The van der Waals surface area contributed by atoms with E-state index >= 15 is 0 Å². The third-order valence-corrected chi connectivity index (χ3v) is 3.37. The maximum Gasteiger partial charge on any atom is 0.339 e. The van der Waals surface area contributed by atoms with Gasteiger partial charge in [-0.25, -0.2) is 9.78 Å². The third-order valence-electron chi connectivity index (χ3n) is 2.62. The number of carbonyl (C=O) groups excluding carboxylic acids is 1. The number of aromatic nitrogens is 1. The minimum Gasteiger partial charge on any atom is -0.478 e. The molecule has 6 heteroatoms. The Kier molecular flexibility index (Phi) is 4.37. The molecule has 0 aliphatic carbocycles. The summed E-state index contributed by atoms with van der Waals surface area (Å²) in [6.45, 7) is 0. The second kappa shape index (κ2) is 6.21. The smallest absolute Gasteiger partial charge is 0.339 e. The Labute approximate surface area is 120 Å². The standard InChI is InChI=1S/C14H12N2O3S/c1-20-10-6-4-9(5-7-10)13(17)16-12-11(14(18)19)3-2-8-15-12/h2-8H,1H3,(H,18,19)(H,15,16,17). The van der Waals surface area contributed by atoms with Crippen molar-refractivity contribution in [2.24, 2.45) is 0 Å². The highest BCUT2D eigenvalue weighted by atomic mass is 32.2. The van der Waals surface area contributed by atoms with Gasteiger partial charge in [-0.15, -0.1) is 11.8 Å². The number of nitrogens with zero attached hydrogens (tertiary/aromatic N) is 1. The molecule has 2 N–H and O–H groups in total. The monoisotopic (exact) mass is 288 g/mol. The van der Waals surface area contributed by atoms with Crippen molar-refractivity contribution in [3.8, 4) is 0 Å². The van der Waals surface area contributed by atoms with Gasteiger partial charge < -0.3 is 10.4 Å². The Hall–Kier alpha value is -2.34. The van der Waals surface area contributed by atoms with E-state index in [1.165, 1.54) is 18.3 Å². The van der Waals surface area contributed by atoms with Gasteiger partial charge in [0.25, 0.3) is 5.91 Å². The van der Waals surface area contributed by atoms with Crippen molar-refractivity contribution in [3.05, 3.63) is 53.7 Å². The molecule has 1 aromatic heterocycles. The van der Waals surface area contributed by atoms with Crippen LogP contribution in [-0.4, -0.2) is 28.2 Å². The molecule has 2 aromatic rings. The summed E-state index contributed by atoms with van der Waals surface area (Å²) >= 11 is 1.58. The van der Waals surface area contributed by atoms with E-state index in [0.29, 0.717) is 5.56 Å². The van der Waals surface area contributed by atoms with Gasteiger partial charge in [-0.05, 0) is 42.7 Å². The predicted molar refractivity (Wildman–Crippen MR) is 77.4 cm³/mol. The van der Waals surface area contributed by atoms with Crippen LogP contribution < -0.4 is 5.32 Å². The van der Waals surface area contributed by atoms with Crippen LogP contribution in [0.25, 0.3) is 0 Å². The van der Waals surface area contributed by atoms with Crippen LogP contribution in [0.2, 0.25) is 0 Å². The van der Waals surface area contributed by atoms with Gasteiger partial charge in [0.05, 0.1) is 0 Å². The zero-order chi connectivity index (χ0) is 14.5. The quantitative estimate of drug-likeness (QED) is 0.846. The molecule has 5 nitrogen and oxygen atoms in total. The SMILES string of the molecule is CSc1ccc(C(=O)Nc2ncccc2C(=O)O)cc1. The number of nitrogens with one attached hydrogen (secondary N) is 1. The molecule has 0 atom stereocenters. The fraction of sp³-hybridized carbons (Fsp3) is 0.0714. The first-order chi connectivity index (χ1) is 9.61. The number of hydrogen-bond acceptors (Lipinski definition) is 4. The van der Waals surface area contributed by atoms with Crippen LogP contribution >= 0.6 is 11.8 Å². The van der Waals surface area contributed by atoms with Gasteiger partial charge >= 0.3 is 5.97 Å². The van der Waals surface area contributed by atoms with Gasteiger partial charge in [-0.2, -0.15) is 0 Å². The number of carboxylic acids is 1. The molecule has 1 aromatic carbocycles. The molecule has 0 unspecified atom stereocenters. The molecule has 0 saturated heterocycles. The molecular formula is C14H12N2O3S. The summed E-state index contributed by atoms with van der Waals surface area (Å²) in [6.07, 6.45) is 3.38. The van der Waals surface area contributed by atoms with Crippen LogP contribution in [0.5, 0.6) is 0 Å². The van der Waals surface area contributed by atoms with Crippen LogP contribution in [0, 0.1) is 0 Å². The first-order valence-electron chi connectivity index (χ1n) is 5.75. The van der Waals surface area contributed by atoms with E-state index in [1.54, 1.807) is 23.9 Å². The van der Waals surface area contributed by atoms with Crippen molar-refractivity contribution in [2.45, 2.75) is 4.90 Å². The zero-order valence-corrected chi connectivity index (χ0v) is 11.5. The van der Waals surface area contributed by atoms with E-state index in [0.717, 1.165) is 4.90 Å². The third kappa shape index (κ3) is 3.16. The van der Waals surface area contributed by atoms with Crippen molar-refractivity contribution in [1.82, 2.24) is 4.98 Å². The van der Waals surface area contributed by atoms with E-state index < -0.39 is 5.97 Å². The summed E-state index contributed by atoms with van der Waals surface area (Å²) < 4.78 is 0. The number of aromatic carboxylic acids is 1. The van der Waals surface area contributed by atoms with Crippen LogP contribution in [0.3, 0.4) is 0 Å². The second-order valence-electron chi connectivity index (χ2n) is 3.89. The van der Waals surface area contributed by atoms with Crippen LogP contribution in [0.1, 0.15) is 20.7 Å². The van der Waals surface area contributed by atoms with E-state index in [2.05, 4.69) is 10.3 Å². The number of thioether (sulfide) groups is 1. The first-order valence-corrected chi connectivity index (χ1v) is 6.98. The highest BCUT2D eigenvalue weighted by Crippen LogP contribution is 2.17. The number of benzene rings is 1. The van der Waals surface area contributed by atoms with Gasteiger partial charge in [0.1, 0.15) is 11.4 Å². The van der Waals surface area contributed by atoms with Gasteiger partial charge in [-0.1, -0.05) is 0 Å².